The molecular formula is C22H31N5O2. The second-order valence-corrected chi connectivity index (χ2v) is 8.66. The van der Waals surface area contributed by atoms with Gasteiger partial charge < -0.3 is 10.2 Å². The molecule has 0 unspecified atom stereocenters. The highest BCUT2D eigenvalue weighted by molar-refractivity contribution is 5.93. The van der Waals surface area contributed by atoms with Crippen LogP contribution >= 0.6 is 0 Å². The molecule has 0 radical (unpaired) electrons. The molecule has 7 nitrogen and oxygen atoms in total. The van der Waals surface area contributed by atoms with Crippen molar-refractivity contribution < 1.29 is 9.59 Å². The van der Waals surface area contributed by atoms with Crippen LogP contribution in [0.5, 0.6) is 0 Å². The van der Waals surface area contributed by atoms with Gasteiger partial charge in [-0.25, -0.2) is 4.68 Å². The van der Waals surface area contributed by atoms with Gasteiger partial charge in [0.15, 0.2) is 0 Å². The SMILES string of the molecule is Cc1nn(-c2ccccc2)c(C)c1NC(=O)CN1CCN(C(=O)C(C)(C)C)CC1. The van der Waals surface area contributed by atoms with Gasteiger partial charge in [0, 0.05) is 31.6 Å². The maximum Gasteiger partial charge on any atom is 0.238 e. The summed E-state index contributed by atoms with van der Waals surface area (Å²) in [6, 6.07) is 9.88. The third-order valence-corrected chi connectivity index (χ3v) is 5.22. The normalized spacial score (nSPS) is 15.4. The van der Waals surface area contributed by atoms with E-state index < -0.39 is 0 Å². The van der Waals surface area contributed by atoms with Crippen LogP contribution in [0.3, 0.4) is 0 Å². The van der Waals surface area contributed by atoms with Crippen molar-refractivity contribution in [1.29, 1.82) is 0 Å². The number of para-hydroxylation sites is 1. The van der Waals surface area contributed by atoms with Crippen LogP contribution in [0.2, 0.25) is 0 Å². The zero-order chi connectivity index (χ0) is 21.2. The molecule has 0 bridgehead atoms. The maximum atomic E-state index is 12.6. The number of benzene rings is 1. The minimum atomic E-state index is -0.368. The lowest BCUT2D eigenvalue weighted by Gasteiger charge is -2.37. The van der Waals surface area contributed by atoms with Crippen molar-refractivity contribution in [2.24, 2.45) is 5.41 Å². The summed E-state index contributed by atoms with van der Waals surface area (Å²) >= 11 is 0. The highest BCUT2D eigenvalue weighted by atomic mass is 16.2. The van der Waals surface area contributed by atoms with Gasteiger partial charge in [-0.3, -0.25) is 14.5 Å². The highest BCUT2D eigenvalue weighted by Crippen LogP contribution is 2.23. The Hall–Kier alpha value is -2.67. The Morgan fingerprint density at radius 1 is 1.03 bits per heavy atom. The molecule has 3 rings (SSSR count). The maximum absolute atomic E-state index is 12.6. The average Bonchev–Trinajstić information content (AvgIpc) is 2.96. The number of nitrogens with zero attached hydrogens (tertiary/aromatic N) is 4. The number of carbonyl (C=O) groups excluding carboxylic acids is 2. The van der Waals surface area contributed by atoms with Gasteiger partial charge in [-0.15, -0.1) is 0 Å². The van der Waals surface area contributed by atoms with Crippen molar-refractivity contribution >= 4 is 17.5 Å². The average molecular weight is 398 g/mol. The topological polar surface area (TPSA) is 70.5 Å². The second-order valence-electron chi connectivity index (χ2n) is 8.66. The van der Waals surface area contributed by atoms with E-state index in [1.807, 2.05) is 74.5 Å². The summed E-state index contributed by atoms with van der Waals surface area (Å²) < 4.78 is 1.85. The molecule has 1 N–H and O–H groups in total. The number of hydrogen-bond donors (Lipinski definition) is 1. The van der Waals surface area contributed by atoms with Crippen LogP contribution in [-0.2, 0) is 9.59 Å². The molecule has 156 valence electrons. The summed E-state index contributed by atoms with van der Waals surface area (Å²) in [4.78, 5) is 29.0. The van der Waals surface area contributed by atoms with Crippen LogP contribution in [0.1, 0.15) is 32.2 Å². The van der Waals surface area contributed by atoms with E-state index in [0.717, 1.165) is 22.8 Å². The highest BCUT2D eigenvalue weighted by Gasteiger charge is 2.30. The van der Waals surface area contributed by atoms with E-state index >= 15 is 0 Å². The Bertz CT molecular complexity index is 875. The number of aromatic nitrogens is 2. The molecule has 7 heteroatoms. The Kier molecular flexibility index (Phi) is 6.07. The summed E-state index contributed by atoms with van der Waals surface area (Å²) in [7, 11) is 0. The van der Waals surface area contributed by atoms with Gasteiger partial charge in [0.2, 0.25) is 11.8 Å². The van der Waals surface area contributed by atoms with Crippen LogP contribution in [0.15, 0.2) is 30.3 Å². The first-order valence-electron chi connectivity index (χ1n) is 10.1. The van der Waals surface area contributed by atoms with Crippen LogP contribution in [0.4, 0.5) is 5.69 Å². The molecule has 2 heterocycles. The number of piperazine rings is 1. The molecule has 1 aromatic heterocycles. The Morgan fingerprint density at radius 3 is 2.24 bits per heavy atom. The van der Waals surface area contributed by atoms with Crippen molar-refractivity contribution in [2.75, 3.05) is 38.0 Å². The lowest BCUT2D eigenvalue weighted by Crippen LogP contribution is -2.52. The van der Waals surface area contributed by atoms with E-state index in [9.17, 15) is 9.59 Å². The molecule has 0 spiro atoms. The third kappa shape index (κ3) is 4.85. The van der Waals surface area contributed by atoms with Gasteiger partial charge >= 0.3 is 0 Å². The molecule has 0 saturated carbocycles. The molecule has 2 aromatic rings. The van der Waals surface area contributed by atoms with E-state index in [2.05, 4.69) is 15.3 Å². The molecule has 29 heavy (non-hydrogen) atoms. The van der Waals surface area contributed by atoms with Crippen molar-refractivity contribution in [2.45, 2.75) is 34.6 Å². The van der Waals surface area contributed by atoms with Gasteiger partial charge in [-0.05, 0) is 26.0 Å². The van der Waals surface area contributed by atoms with E-state index in [-0.39, 0.29) is 17.2 Å². The van der Waals surface area contributed by atoms with E-state index in [1.165, 1.54) is 0 Å². The van der Waals surface area contributed by atoms with Crippen LogP contribution < -0.4 is 5.32 Å². The fourth-order valence-corrected chi connectivity index (χ4v) is 3.61. The lowest BCUT2D eigenvalue weighted by molar-refractivity contribution is -0.141. The van der Waals surface area contributed by atoms with Gasteiger partial charge in [0.1, 0.15) is 0 Å². The minimum absolute atomic E-state index is 0.0561. The van der Waals surface area contributed by atoms with Crippen molar-refractivity contribution in [3.8, 4) is 5.69 Å². The van der Waals surface area contributed by atoms with Crippen molar-refractivity contribution in [1.82, 2.24) is 19.6 Å². The molecule has 1 saturated heterocycles. The fourth-order valence-electron chi connectivity index (χ4n) is 3.61. The van der Waals surface area contributed by atoms with E-state index in [1.54, 1.807) is 0 Å². The van der Waals surface area contributed by atoms with E-state index in [0.29, 0.717) is 32.7 Å². The third-order valence-electron chi connectivity index (χ3n) is 5.22. The quantitative estimate of drug-likeness (QED) is 0.861. The van der Waals surface area contributed by atoms with Crippen molar-refractivity contribution in [3.05, 3.63) is 41.7 Å². The summed E-state index contributed by atoms with van der Waals surface area (Å²) in [6.45, 7) is 12.7. The molecule has 2 amide bonds. The zero-order valence-corrected chi connectivity index (χ0v) is 18.0. The molecule has 1 aliphatic rings. The monoisotopic (exact) mass is 397 g/mol. The fraction of sp³-hybridized carbons (Fsp3) is 0.500. The standard InChI is InChI=1S/C22H31N5O2/c1-16-20(17(2)27(24-16)18-9-7-6-8-10-18)23-19(28)15-25-11-13-26(14-12-25)21(29)22(3,4)5/h6-10H,11-15H2,1-5H3,(H,23,28). The Morgan fingerprint density at radius 2 is 1.66 bits per heavy atom. The van der Waals surface area contributed by atoms with Crippen LogP contribution in [-0.4, -0.2) is 64.1 Å². The van der Waals surface area contributed by atoms with Gasteiger partial charge in [-0.1, -0.05) is 39.0 Å². The zero-order valence-electron chi connectivity index (χ0n) is 18.0. The largest absolute Gasteiger partial charge is 0.340 e. The lowest BCUT2D eigenvalue weighted by atomic mass is 9.94. The van der Waals surface area contributed by atoms with Crippen LogP contribution in [0, 0.1) is 19.3 Å². The number of aryl methyl sites for hydroxylation is 1. The first-order chi connectivity index (χ1) is 13.7. The number of anilines is 1. The molecular weight excluding hydrogens is 366 g/mol. The number of rotatable bonds is 4. The number of amides is 2. The Labute approximate surface area is 172 Å². The number of nitrogens with one attached hydrogen (secondary N) is 1. The second kappa shape index (κ2) is 8.37. The van der Waals surface area contributed by atoms with Gasteiger partial charge in [-0.2, -0.15) is 5.10 Å². The Balaban J connectivity index is 1.58. The summed E-state index contributed by atoms with van der Waals surface area (Å²) in [5.74, 6) is 0.112. The minimum Gasteiger partial charge on any atom is -0.340 e. The first kappa shape index (κ1) is 21.0. The number of carbonyl (C=O) groups is 2. The van der Waals surface area contributed by atoms with E-state index in [4.69, 9.17) is 0 Å². The summed E-state index contributed by atoms with van der Waals surface area (Å²) in [5, 5.41) is 7.61. The molecule has 1 fully saturated rings. The molecule has 0 aliphatic carbocycles. The summed E-state index contributed by atoms with van der Waals surface area (Å²) in [5.41, 5.74) is 3.06. The predicted molar refractivity (Wildman–Crippen MR) is 114 cm³/mol. The van der Waals surface area contributed by atoms with Crippen molar-refractivity contribution in [3.63, 3.8) is 0 Å². The van der Waals surface area contributed by atoms with Gasteiger partial charge in [0.25, 0.3) is 0 Å². The first-order valence-corrected chi connectivity index (χ1v) is 10.1. The van der Waals surface area contributed by atoms with Gasteiger partial charge in [0.05, 0.1) is 29.3 Å². The molecule has 1 aromatic carbocycles. The predicted octanol–water partition coefficient (Wildman–Crippen LogP) is 2.62. The molecule has 0 atom stereocenters. The van der Waals surface area contributed by atoms with Crippen LogP contribution in [0.25, 0.3) is 5.69 Å². The smallest absolute Gasteiger partial charge is 0.238 e. The molecule has 1 aliphatic heterocycles. The number of hydrogen-bond acceptors (Lipinski definition) is 4. The summed E-state index contributed by atoms with van der Waals surface area (Å²) in [6.07, 6.45) is 0.